The smallest absolute Gasteiger partial charge is 0.410 e. The molecule has 2 aliphatic heterocycles. The normalized spacial score (nSPS) is 22.8. The van der Waals surface area contributed by atoms with E-state index < -0.39 is 5.60 Å². The lowest BCUT2D eigenvalue weighted by Crippen LogP contribution is -2.66. The second-order valence-electron chi connectivity index (χ2n) is 8.06. The van der Waals surface area contributed by atoms with Gasteiger partial charge in [-0.25, -0.2) is 14.2 Å². The highest BCUT2D eigenvalue weighted by Crippen LogP contribution is 2.35. The minimum atomic E-state index is -0.490. The maximum Gasteiger partial charge on any atom is 0.410 e. The van der Waals surface area contributed by atoms with E-state index in [4.69, 9.17) is 4.74 Å². The molecule has 7 heteroatoms. The molecule has 0 aliphatic carbocycles. The van der Waals surface area contributed by atoms with Crippen LogP contribution in [0.4, 0.5) is 15.0 Å². The second kappa shape index (κ2) is 6.07. The zero-order chi connectivity index (χ0) is 18.5. The van der Waals surface area contributed by atoms with Crippen LogP contribution < -0.4 is 4.90 Å². The molecule has 0 saturated carbocycles. The van der Waals surface area contributed by atoms with Crippen LogP contribution in [0.1, 0.15) is 27.2 Å². The molecular weight excluding hydrogens is 335 g/mol. The number of carbonyl (C=O) groups excluding carboxylic acids is 1. The number of carbonyl (C=O) groups is 1. The number of anilines is 1. The third-order valence-electron chi connectivity index (χ3n) is 5.00. The van der Waals surface area contributed by atoms with Gasteiger partial charge in [0.1, 0.15) is 17.2 Å². The van der Waals surface area contributed by atoms with Crippen LogP contribution in [-0.2, 0) is 4.74 Å². The van der Waals surface area contributed by atoms with Gasteiger partial charge in [-0.3, -0.25) is 4.98 Å². The molecule has 3 heterocycles. The fourth-order valence-corrected chi connectivity index (χ4v) is 3.66. The van der Waals surface area contributed by atoms with E-state index in [0.29, 0.717) is 23.5 Å². The van der Waals surface area contributed by atoms with Crippen molar-refractivity contribution in [3.8, 4) is 0 Å². The number of nitrogens with zero attached hydrogens (tertiary/aromatic N) is 4. The Kier molecular flexibility index (Phi) is 3.97. The molecule has 2 fully saturated rings. The Hall–Kier alpha value is -2.44. The number of halogens is 1. The largest absolute Gasteiger partial charge is 0.444 e. The summed E-state index contributed by atoms with van der Waals surface area (Å²) in [7, 11) is 0. The summed E-state index contributed by atoms with van der Waals surface area (Å²) < 4.78 is 18.8. The quantitative estimate of drug-likeness (QED) is 0.783. The van der Waals surface area contributed by atoms with Gasteiger partial charge in [-0.2, -0.15) is 0 Å². The highest BCUT2D eigenvalue weighted by Gasteiger charge is 2.46. The molecule has 0 spiro atoms. The second-order valence-corrected chi connectivity index (χ2v) is 8.06. The Morgan fingerprint density at radius 1 is 1.27 bits per heavy atom. The molecule has 0 radical (unpaired) electrons. The van der Waals surface area contributed by atoms with Gasteiger partial charge in [-0.1, -0.05) is 0 Å². The lowest BCUT2D eigenvalue weighted by molar-refractivity contribution is -0.0346. The number of piperidine rings is 1. The molecule has 2 aromatic rings. The summed E-state index contributed by atoms with van der Waals surface area (Å²) in [5.74, 6) is 0.961. The van der Waals surface area contributed by atoms with Crippen molar-refractivity contribution in [2.24, 2.45) is 5.92 Å². The van der Waals surface area contributed by atoms with Gasteiger partial charge in [0.05, 0.1) is 23.3 Å². The van der Waals surface area contributed by atoms with Gasteiger partial charge in [-0.05, 0) is 39.3 Å². The summed E-state index contributed by atoms with van der Waals surface area (Å²) >= 11 is 0. The molecule has 1 aromatic heterocycles. The number of ether oxygens (including phenoxy) is 1. The van der Waals surface area contributed by atoms with Crippen LogP contribution >= 0.6 is 0 Å². The predicted molar refractivity (Wildman–Crippen MR) is 96.5 cm³/mol. The number of hydrogen-bond acceptors (Lipinski definition) is 5. The molecule has 2 saturated heterocycles. The molecule has 0 bridgehead atoms. The summed E-state index contributed by atoms with van der Waals surface area (Å²) in [4.78, 5) is 25.3. The van der Waals surface area contributed by atoms with Crippen LogP contribution in [-0.4, -0.2) is 52.2 Å². The maximum atomic E-state index is 13.3. The summed E-state index contributed by atoms with van der Waals surface area (Å²) in [5, 5.41) is 0. The summed E-state index contributed by atoms with van der Waals surface area (Å²) in [6, 6.07) is 4.56. The van der Waals surface area contributed by atoms with Crippen LogP contribution in [0, 0.1) is 11.7 Å². The Morgan fingerprint density at radius 3 is 2.85 bits per heavy atom. The first-order chi connectivity index (χ1) is 12.3. The predicted octanol–water partition coefficient (Wildman–Crippen LogP) is 3.21. The first-order valence-electron chi connectivity index (χ1n) is 8.97. The molecule has 2 aliphatic rings. The molecule has 0 unspecified atom stereocenters. The standard InChI is InChI=1S/C19H23FN4O2/c1-19(2,3)26-18(25)24-10-12-6-7-23(11-16(12)24)17-9-21-15-8-13(20)4-5-14(15)22-17/h4-5,8-9,12,16H,6-7,10-11H2,1-3H3/t12-,16-/m1/s1. The fourth-order valence-electron chi connectivity index (χ4n) is 3.66. The van der Waals surface area contributed by atoms with Gasteiger partial charge in [0.15, 0.2) is 0 Å². The number of amides is 1. The van der Waals surface area contributed by atoms with E-state index in [1.54, 1.807) is 12.3 Å². The monoisotopic (exact) mass is 358 g/mol. The van der Waals surface area contributed by atoms with Crippen molar-refractivity contribution >= 4 is 22.9 Å². The SMILES string of the molecule is CC(C)(C)OC(=O)N1C[C@H]2CCN(c3cnc4cc(F)ccc4n3)C[C@H]21. The number of likely N-dealkylation sites (tertiary alicyclic amines) is 1. The molecule has 138 valence electrons. The Balaban J connectivity index is 1.49. The molecule has 0 N–H and O–H groups in total. The van der Waals surface area contributed by atoms with Crippen LogP contribution in [0.2, 0.25) is 0 Å². The first-order valence-corrected chi connectivity index (χ1v) is 8.97. The van der Waals surface area contributed by atoms with Crippen LogP contribution in [0.15, 0.2) is 24.4 Å². The number of hydrogen-bond donors (Lipinski definition) is 0. The van der Waals surface area contributed by atoms with Crippen molar-refractivity contribution in [2.75, 3.05) is 24.5 Å². The van der Waals surface area contributed by atoms with Crippen LogP contribution in [0.25, 0.3) is 11.0 Å². The highest BCUT2D eigenvalue weighted by atomic mass is 19.1. The van der Waals surface area contributed by atoms with E-state index in [-0.39, 0.29) is 18.0 Å². The van der Waals surface area contributed by atoms with Crippen molar-refractivity contribution in [3.05, 3.63) is 30.2 Å². The topological polar surface area (TPSA) is 58.6 Å². The van der Waals surface area contributed by atoms with Gasteiger partial charge in [-0.15, -0.1) is 0 Å². The van der Waals surface area contributed by atoms with Gasteiger partial charge in [0, 0.05) is 31.6 Å². The average molecular weight is 358 g/mol. The van der Waals surface area contributed by atoms with E-state index in [1.807, 2.05) is 25.7 Å². The molecule has 26 heavy (non-hydrogen) atoms. The van der Waals surface area contributed by atoms with E-state index >= 15 is 0 Å². The van der Waals surface area contributed by atoms with E-state index in [9.17, 15) is 9.18 Å². The lowest BCUT2D eigenvalue weighted by Gasteiger charge is -2.53. The Morgan fingerprint density at radius 2 is 2.08 bits per heavy atom. The number of aromatic nitrogens is 2. The zero-order valence-corrected chi connectivity index (χ0v) is 15.3. The number of fused-ring (bicyclic) bond motifs is 2. The van der Waals surface area contributed by atoms with E-state index in [1.165, 1.54) is 12.1 Å². The van der Waals surface area contributed by atoms with E-state index in [2.05, 4.69) is 14.9 Å². The molecular formula is C19H23FN4O2. The van der Waals surface area contributed by atoms with Crippen molar-refractivity contribution in [1.29, 1.82) is 0 Å². The van der Waals surface area contributed by atoms with Crippen LogP contribution in [0.5, 0.6) is 0 Å². The Labute approximate surface area is 152 Å². The number of rotatable bonds is 1. The highest BCUT2D eigenvalue weighted by molar-refractivity contribution is 5.75. The maximum absolute atomic E-state index is 13.3. The van der Waals surface area contributed by atoms with Crippen molar-refractivity contribution in [2.45, 2.75) is 38.8 Å². The van der Waals surface area contributed by atoms with Crippen molar-refractivity contribution < 1.29 is 13.9 Å². The molecule has 1 amide bonds. The van der Waals surface area contributed by atoms with Crippen molar-refractivity contribution in [3.63, 3.8) is 0 Å². The summed E-state index contributed by atoms with van der Waals surface area (Å²) in [6.07, 6.45) is 2.44. The molecule has 2 atom stereocenters. The minimum Gasteiger partial charge on any atom is -0.444 e. The third kappa shape index (κ3) is 3.18. The van der Waals surface area contributed by atoms with Crippen LogP contribution in [0.3, 0.4) is 0 Å². The molecule has 6 nitrogen and oxygen atoms in total. The summed E-state index contributed by atoms with van der Waals surface area (Å²) in [6.45, 7) is 7.99. The Bertz CT molecular complexity index is 851. The third-order valence-corrected chi connectivity index (χ3v) is 5.00. The average Bonchev–Trinajstić information content (AvgIpc) is 2.54. The lowest BCUT2D eigenvalue weighted by atomic mass is 9.82. The first kappa shape index (κ1) is 17.0. The number of benzene rings is 1. The van der Waals surface area contributed by atoms with Crippen molar-refractivity contribution in [1.82, 2.24) is 14.9 Å². The minimum absolute atomic E-state index is 0.143. The summed E-state index contributed by atoms with van der Waals surface area (Å²) in [5.41, 5.74) is 0.724. The fraction of sp³-hybridized carbons (Fsp3) is 0.526. The zero-order valence-electron chi connectivity index (χ0n) is 15.3. The van der Waals surface area contributed by atoms with Gasteiger partial charge in [0.2, 0.25) is 0 Å². The van der Waals surface area contributed by atoms with Gasteiger partial charge >= 0.3 is 6.09 Å². The van der Waals surface area contributed by atoms with Gasteiger partial charge in [0.25, 0.3) is 0 Å². The molecule has 1 aromatic carbocycles. The molecule has 4 rings (SSSR count). The van der Waals surface area contributed by atoms with E-state index in [0.717, 1.165) is 25.3 Å². The van der Waals surface area contributed by atoms with Gasteiger partial charge < -0.3 is 14.5 Å².